The Morgan fingerprint density at radius 3 is 2.55 bits per heavy atom. The molecule has 4 N–H and O–H groups in total. The van der Waals surface area contributed by atoms with E-state index in [2.05, 4.69) is 24.9 Å². The lowest BCUT2D eigenvalue weighted by atomic mass is 10.2. The number of hydrogen-bond acceptors (Lipinski definition) is 7. The van der Waals surface area contributed by atoms with Crippen molar-refractivity contribution in [2.75, 3.05) is 17.1 Å². The van der Waals surface area contributed by atoms with Crippen LogP contribution < -0.4 is 15.2 Å². The standard InChI is InChI=1S/C21H20F2N6O3S/c1-11(2)10-32-21-17-18(24)27-28-20(17)25-19(26-21)12-3-6-14(7-4-12)29-33(30,31)16-9-13(22)5-8-15(16)23/h3-9,11,29H,10H2,1-2H3,(H3,24,25,26,27,28). The maximum Gasteiger partial charge on any atom is 0.264 e. The van der Waals surface area contributed by atoms with Gasteiger partial charge < -0.3 is 10.5 Å². The van der Waals surface area contributed by atoms with Crippen molar-refractivity contribution in [3.8, 4) is 17.3 Å². The highest BCUT2D eigenvalue weighted by molar-refractivity contribution is 7.92. The van der Waals surface area contributed by atoms with Gasteiger partial charge in [-0.1, -0.05) is 13.8 Å². The summed E-state index contributed by atoms with van der Waals surface area (Å²) in [6.45, 7) is 4.40. The quantitative estimate of drug-likeness (QED) is 0.371. The molecule has 9 nitrogen and oxygen atoms in total. The van der Waals surface area contributed by atoms with E-state index in [9.17, 15) is 17.2 Å². The van der Waals surface area contributed by atoms with E-state index in [0.717, 1.165) is 12.1 Å². The van der Waals surface area contributed by atoms with E-state index in [-0.39, 0.29) is 23.3 Å². The van der Waals surface area contributed by atoms with Crippen LogP contribution in [0, 0.1) is 17.6 Å². The van der Waals surface area contributed by atoms with Crippen molar-refractivity contribution < 1.29 is 21.9 Å². The van der Waals surface area contributed by atoms with Crippen LogP contribution in [0.2, 0.25) is 0 Å². The molecule has 0 amide bonds. The minimum Gasteiger partial charge on any atom is -0.477 e. The number of sulfonamides is 1. The molecule has 0 aliphatic carbocycles. The summed E-state index contributed by atoms with van der Waals surface area (Å²) in [4.78, 5) is 8.04. The molecule has 0 aliphatic rings. The molecule has 0 aliphatic heterocycles. The van der Waals surface area contributed by atoms with Gasteiger partial charge in [-0.2, -0.15) is 10.1 Å². The fourth-order valence-electron chi connectivity index (χ4n) is 2.97. The predicted molar refractivity (Wildman–Crippen MR) is 119 cm³/mol. The summed E-state index contributed by atoms with van der Waals surface area (Å²) in [7, 11) is -4.34. The van der Waals surface area contributed by atoms with Gasteiger partial charge in [-0.05, 0) is 48.4 Å². The van der Waals surface area contributed by atoms with Gasteiger partial charge in [0.25, 0.3) is 10.0 Å². The van der Waals surface area contributed by atoms with Gasteiger partial charge in [0, 0.05) is 11.3 Å². The molecule has 0 radical (unpaired) electrons. The molecule has 0 atom stereocenters. The third-order valence-corrected chi connectivity index (χ3v) is 5.94. The molecular weight excluding hydrogens is 454 g/mol. The van der Waals surface area contributed by atoms with Crippen molar-refractivity contribution in [1.82, 2.24) is 20.2 Å². The zero-order valence-electron chi connectivity index (χ0n) is 17.6. The molecule has 0 spiro atoms. The van der Waals surface area contributed by atoms with Gasteiger partial charge in [-0.15, -0.1) is 0 Å². The maximum absolute atomic E-state index is 13.9. The van der Waals surface area contributed by atoms with E-state index in [1.807, 2.05) is 13.8 Å². The number of nitrogens with one attached hydrogen (secondary N) is 2. The highest BCUT2D eigenvalue weighted by Crippen LogP contribution is 2.30. The predicted octanol–water partition coefficient (Wildman–Crippen LogP) is 3.72. The first-order valence-electron chi connectivity index (χ1n) is 9.87. The van der Waals surface area contributed by atoms with E-state index >= 15 is 0 Å². The largest absolute Gasteiger partial charge is 0.477 e. The van der Waals surface area contributed by atoms with E-state index in [1.165, 1.54) is 12.1 Å². The Hall–Kier alpha value is -3.80. The van der Waals surface area contributed by atoms with Crippen LogP contribution in [0.5, 0.6) is 5.88 Å². The van der Waals surface area contributed by atoms with Crippen molar-refractivity contribution in [2.45, 2.75) is 18.7 Å². The number of nitrogens with two attached hydrogens (primary N) is 1. The van der Waals surface area contributed by atoms with Crippen molar-refractivity contribution >= 4 is 32.6 Å². The number of H-pyrrole nitrogens is 1. The molecule has 0 bridgehead atoms. The fraction of sp³-hybridized carbons (Fsp3) is 0.190. The monoisotopic (exact) mass is 474 g/mol. The average molecular weight is 474 g/mol. The molecule has 0 unspecified atom stereocenters. The third kappa shape index (κ3) is 4.70. The number of rotatable bonds is 7. The van der Waals surface area contributed by atoms with Crippen LogP contribution in [-0.4, -0.2) is 35.2 Å². The molecule has 12 heteroatoms. The minimum absolute atomic E-state index is 0.142. The van der Waals surface area contributed by atoms with Crippen LogP contribution in [0.3, 0.4) is 0 Å². The minimum atomic E-state index is -4.34. The van der Waals surface area contributed by atoms with Crippen LogP contribution in [0.1, 0.15) is 13.8 Å². The first-order chi connectivity index (χ1) is 15.6. The van der Waals surface area contributed by atoms with Gasteiger partial charge in [0.15, 0.2) is 11.5 Å². The summed E-state index contributed by atoms with van der Waals surface area (Å²) < 4.78 is 60.3. The zero-order valence-corrected chi connectivity index (χ0v) is 18.5. The van der Waals surface area contributed by atoms with Gasteiger partial charge in [0.2, 0.25) is 5.88 Å². The number of aromatic nitrogens is 4. The lowest BCUT2D eigenvalue weighted by Crippen LogP contribution is -2.14. The SMILES string of the molecule is CC(C)COc1nc(-c2ccc(NS(=O)(=O)c3cc(F)ccc3F)cc2)nc2n[nH]c(N)c12. The first kappa shape index (κ1) is 22.4. The Labute approximate surface area is 188 Å². The highest BCUT2D eigenvalue weighted by atomic mass is 32.2. The van der Waals surface area contributed by atoms with Gasteiger partial charge in [0.05, 0.1) is 6.61 Å². The lowest BCUT2D eigenvalue weighted by Gasteiger charge is -2.11. The van der Waals surface area contributed by atoms with Gasteiger partial charge in [0.1, 0.15) is 27.7 Å². The van der Waals surface area contributed by atoms with Crippen LogP contribution in [0.4, 0.5) is 20.3 Å². The number of nitrogens with zero attached hydrogens (tertiary/aromatic N) is 3. The zero-order chi connectivity index (χ0) is 23.8. The molecule has 4 aromatic rings. The molecule has 0 fully saturated rings. The molecule has 2 heterocycles. The Bertz CT molecular complexity index is 1420. The van der Waals surface area contributed by atoms with Gasteiger partial charge >= 0.3 is 0 Å². The van der Waals surface area contributed by atoms with Crippen molar-refractivity contribution in [3.05, 3.63) is 54.1 Å². The number of aromatic amines is 1. The van der Waals surface area contributed by atoms with E-state index in [0.29, 0.717) is 35.1 Å². The first-order valence-corrected chi connectivity index (χ1v) is 11.3. The molecule has 0 saturated carbocycles. The summed E-state index contributed by atoms with van der Waals surface area (Å²) in [5, 5.41) is 7.19. The van der Waals surface area contributed by atoms with Crippen molar-refractivity contribution in [2.24, 2.45) is 5.92 Å². The third-order valence-electron chi connectivity index (χ3n) is 4.54. The number of nitrogen functional groups attached to an aromatic ring is 1. The van der Waals surface area contributed by atoms with Crippen LogP contribution >= 0.6 is 0 Å². The Balaban J connectivity index is 1.64. The van der Waals surface area contributed by atoms with Crippen molar-refractivity contribution in [1.29, 1.82) is 0 Å². The Kier molecular flexibility index (Phi) is 5.85. The molecule has 33 heavy (non-hydrogen) atoms. The molecule has 2 aromatic heterocycles. The normalized spacial score (nSPS) is 11.8. The summed E-state index contributed by atoms with van der Waals surface area (Å²) in [5.74, 6) is -0.824. The smallest absolute Gasteiger partial charge is 0.264 e. The molecular formula is C21H20F2N6O3S. The topological polar surface area (TPSA) is 136 Å². The summed E-state index contributed by atoms with van der Waals surface area (Å²) in [6, 6.07) is 8.25. The van der Waals surface area contributed by atoms with Crippen LogP contribution in [-0.2, 0) is 10.0 Å². The second kappa shape index (κ2) is 8.62. The molecule has 172 valence electrons. The summed E-state index contributed by atoms with van der Waals surface area (Å²) in [6.07, 6.45) is 0. The second-order valence-electron chi connectivity index (χ2n) is 7.65. The summed E-state index contributed by atoms with van der Waals surface area (Å²) in [5.41, 5.74) is 6.94. The number of halogens is 2. The number of benzene rings is 2. The van der Waals surface area contributed by atoms with Crippen LogP contribution in [0.25, 0.3) is 22.4 Å². The number of hydrogen-bond donors (Lipinski definition) is 3. The number of ether oxygens (including phenoxy) is 1. The number of anilines is 2. The van der Waals surface area contributed by atoms with E-state index < -0.39 is 26.6 Å². The van der Waals surface area contributed by atoms with E-state index in [4.69, 9.17) is 10.5 Å². The second-order valence-corrected chi connectivity index (χ2v) is 9.30. The van der Waals surface area contributed by atoms with E-state index in [1.54, 1.807) is 12.1 Å². The summed E-state index contributed by atoms with van der Waals surface area (Å²) >= 11 is 0. The maximum atomic E-state index is 13.9. The molecule has 2 aromatic carbocycles. The molecule has 0 saturated heterocycles. The highest BCUT2D eigenvalue weighted by Gasteiger charge is 2.21. The lowest BCUT2D eigenvalue weighted by molar-refractivity contribution is 0.265. The van der Waals surface area contributed by atoms with Gasteiger partial charge in [-0.25, -0.2) is 22.2 Å². The van der Waals surface area contributed by atoms with Crippen LogP contribution in [0.15, 0.2) is 47.4 Å². The van der Waals surface area contributed by atoms with Crippen molar-refractivity contribution in [3.63, 3.8) is 0 Å². The Morgan fingerprint density at radius 1 is 1.12 bits per heavy atom. The molecule has 4 rings (SSSR count). The number of fused-ring (bicyclic) bond motifs is 1. The average Bonchev–Trinajstić information content (AvgIpc) is 3.14. The fourth-order valence-corrected chi connectivity index (χ4v) is 4.12. The Morgan fingerprint density at radius 2 is 1.85 bits per heavy atom. The van der Waals surface area contributed by atoms with Gasteiger partial charge in [-0.3, -0.25) is 9.82 Å².